The first-order valence-corrected chi connectivity index (χ1v) is 6.58. The van der Waals surface area contributed by atoms with Crippen molar-refractivity contribution in [2.75, 3.05) is 6.61 Å². The minimum absolute atomic E-state index is 0.256. The number of halogens is 1. The molecule has 94 valence electrons. The van der Waals surface area contributed by atoms with Crippen molar-refractivity contribution in [2.24, 2.45) is 0 Å². The lowest BCUT2D eigenvalue weighted by Gasteiger charge is -2.14. The van der Waals surface area contributed by atoms with Crippen LogP contribution in [0.25, 0.3) is 0 Å². The van der Waals surface area contributed by atoms with Crippen LogP contribution in [-0.4, -0.2) is 11.7 Å². The van der Waals surface area contributed by atoms with Crippen LogP contribution in [0.5, 0.6) is 5.75 Å². The first-order chi connectivity index (χ1) is 8.66. The average molecular weight is 307 g/mol. The van der Waals surface area contributed by atoms with Crippen molar-refractivity contribution in [2.45, 2.75) is 13.0 Å². The molecule has 2 rings (SSSR count). The Morgan fingerprint density at radius 1 is 1.11 bits per heavy atom. The van der Waals surface area contributed by atoms with Crippen LogP contribution >= 0.6 is 15.9 Å². The van der Waals surface area contributed by atoms with Gasteiger partial charge in [-0.15, -0.1) is 0 Å². The van der Waals surface area contributed by atoms with Crippen LogP contribution in [-0.2, 0) is 0 Å². The molecule has 0 aromatic heterocycles. The van der Waals surface area contributed by atoms with E-state index >= 15 is 0 Å². The summed E-state index contributed by atoms with van der Waals surface area (Å²) in [6.07, 6.45) is -0.602. The van der Waals surface area contributed by atoms with Crippen LogP contribution in [0.15, 0.2) is 53.0 Å². The molecule has 0 aliphatic heterocycles. The van der Waals surface area contributed by atoms with Gasteiger partial charge in [0.25, 0.3) is 0 Å². The summed E-state index contributed by atoms with van der Waals surface area (Å²) in [4.78, 5) is 0. The van der Waals surface area contributed by atoms with Gasteiger partial charge in [0, 0.05) is 4.47 Å². The normalized spacial score (nSPS) is 12.2. The van der Waals surface area contributed by atoms with Crippen molar-refractivity contribution in [3.63, 3.8) is 0 Å². The molecule has 0 fully saturated rings. The number of aliphatic hydroxyl groups excluding tert-OH is 1. The summed E-state index contributed by atoms with van der Waals surface area (Å²) in [7, 11) is 0. The summed E-state index contributed by atoms with van der Waals surface area (Å²) in [5.74, 6) is 0.755. The first kappa shape index (κ1) is 13.1. The van der Waals surface area contributed by atoms with E-state index in [-0.39, 0.29) is 6.61 Å². The molecule has 1 atom stereocenters. The molecule has 18 heavy (non-hydrogen) atoms. The number of rotatable bonds is 4. The lowest BCUT2D eigenvalue weighted by atomic mass is 10.0. The van der Waals surface area contributed by atoms with E-state index in [2.05, 4.69) is 15.9 Å². The molecule has 3 heteroatoms. The minimum atomic E-state index is -0.602. The molecule has 0 saturated carbocycles. The topological polar surface area (TPSA) is 29.5 Å². The quantitative estimate of drug-likeness (QED) is 0.929. The number of hydrogen-bond acceptors (Lipinski definition) is 2. The van der Waals surface area contributed by atoms with Gasteiger partial charge in [0.2, 0.25) is 0 Å². The Morgan fingerprint density at radius 2 is 1.78 bits per heavy atom. The molecule has 2 aromatic rings. The van der Waals surface area contributed by atoms with Crippen LogP contribution in [0.1, 0.15) is 17.2 Å². The molecule has 0 saturated heterocycles. The predicted molar refractivity (Wildman–Crippen MR) is 75.8 cm³/mol. The predicted octanol–water partition coefficient (Wildman–Crippen LogP) is 3.87. The minimum Gasteiger partial charge on any atom is -0.491 e. The molecule has 0 spiro atoms. The van der Waals surface area contributed by atoms with Gasteiger partial charge in [-0.05, 0) is 42.3 Å². The van der Waals surface area contributed by atoms with Crippen molar-refractivity contribution in [1.82, 2.24) is 0 Å². The zero-order chi connectivity index (χ0) is 13.0. The second-order valence-corrected chi connectivity index (χ2v) is 5.05. The monoisotopic (exact) mass is 306 g/mol. The van der Waals surface area contributed by atoms with E-state index in [9.17, 15) is 5.11 Å². The van der Waals surface area contributed by atoms with E-state index in [0.29, 0.717) is 0 Å². The number of aryl methyl sites for hydroxylation is 1. The maximum Gasteiger partial charge on any atom is 0.119 e. The van der Waals surface area contributed by atoms with E-state index < -0.39 is 6.10 Å². The van der Waals surface area contributed by atoms with Crippen molar-refractivity contribution in [3.05, 3.63) is 64.1 Å². The lowest BCUT2D eigenvalue weighted by molar-refractivity contribution is 0.107. The molecule has 1 N–H and O–H groups in total. The summed E-state index contributed by atoms with van der Waals surface area (Å²) in [5.41, 5.74) is 1.99. The van der Waals surface area contributed by atoms with Crippen LogP contribution < -0.4 is 4.74 Å². The highest BCUT2D eigenvalue weighted by Gasteiger charge is 2.10. The highest BCUT2D eigenvalue weighted by Crippen LogP contribution is 2.20. The fourth-order valence-corrected chi connectivity index (χ4v) is 2.02. The van der Waals surface area contributed by atoms with E-state index in [1.165, 1.54) is 0 Å². The Kier molecular flexibility index (Phi) is 4.39. The molecule has 0 radical (unpaired) electrons. The van der Waals surface area contributed by atoms with Crippen LogP contribution in [0.2, 0.25) is 0 Å². The summed E-state index contributed by atoms with van der Waals surface area (Å²) in [6.45, 7) is 2.24. The third-order valence-electron chi connectivity index (χ3n) is 2.77. The third kappa shape index (κ3) is 3.34. The maximum atomic E-state index is 10.1. The number of hydrogen-bond donors (Lipinski definition) is 1. The van der Waals surface area contributed by atoms with Gasteiger partial charge in [-0.25, -0.2) is 0 Å². The number of ether oxygens (including phenoxy) is 1. The van der Waals surface area contributed by atoms with Crippen molar-refractivity contribution in [1.29, 1.82) is 0 Å². The Balaban J connectivity index is 1.98. The maximum absolute atomic E-state index is 10.1. The fourth-order valence-electron chi connectivity index (χ4n) is 1.76. The molecule has 0 aliphatic rings. The van der Waals surface area contributed by atoms with E-state index in [1.807, 2.05) is 55.5 Å². The lowest BCUT2D eigenvalue weighted by Crippen LogP contribution is -2.10. The third-order valence-corrected chi connectivity index (χ3v) is 3.30. The van der Waals surface area contributed by atoms with Gasteiger partial charge in [0.15, 0.2) is 0 Å². The Labute approximate surface area is 115 Å². The highest BCUT2D eigenvalue weighted by atomic mass is 79.9. The average Bonchev–Trinajstić information content (AvgIpc) is 2.38. The number of aliphatic hydroxyl groups is 1. The van der Waals surface area contributed by atoms with Gasteiger partial charge < -0.3 is 9.84 Å². The smallest absolute Gasteiger partial charge is 0.119 e. The second kappa shape index (κ2) is 6.03. The molecule has 2 nitrogen and oxygen atoms in total. The molecule has 0 aliphatic carbocycles. The van der Waals surface area contributed by atoms with Crippen molar-refractivity contribution >= 4 is 15.9 Å². The SMILES string of the molecule is Cc1ccccc1C(O)COc1ccc(Br)cc1. The number of benzene rings is 2. The molecule has 1 unspecified atom stereocenters. The van der Waals surface area contributed by atoms with Crippen molar-refractivity contribution < 1.29 is 9.84 Å². The Hall–Kier alpha value is -1.32. The van der Waals surface area contributed by atoms with Crippen LogP contribution in [0.3, 0.4) is 0 Å². The van der Waals surface area contributed by atoms with Gasteiger partial charge in [0.05, 0.1) is 0 Å². The highest BCUT2D eigenvalue weighted by molar-refractivity contribution is 9.10. The van der Waals surface area contributed by atoms with Gasteiger partial charge in [-0.1, -0.05) is 40.2 Å². The standard InChI is InChI=1S/C15H15BrO2/c1-11-4-2-3-5-14(11)15(17)10-18-13-8-6-12(16)7-9-13/h2-9,15,17H,10H2,1H3. The van der Waals surface area contributed by atoms with Gasteiger partial charge in [-0.3, -0.25) is 0 Å². The van der Waals surface area contributed by atoms with E-state index in [0.717, 1.165) is 21.3 Å². The van der Waals surface area contributed by atoms with Gasteiger partial charge >= 0.3 is 0 Å². The Bertz CT molecular complexity index is 508. The molecule has 0 bridgehead atoms. The molecule has 0 heterocycles. The zero-order valence-corrected chi connectivity index (χ0v) is 11.7. The van der Waals surface area contributed by atoms with Gasteiger partial charge in [0.1, 0.15) is 18.5 Å². The molecule has 2 aromatic carbocycles. The Morgan fingerprint density at radius 3 is 2.44 bits per heavy atom. The first-order valence-electron chi connectivity index (χ1n) is 5.79. The summed E-state index contributed by atoms with van der Waals surface area (Å²) in [5, 5.41) is 10.1. The van der Waals surface area contributed by atoms with Crippen LogP contribution in [0, 0.1) is 6.92 Å². The van der Waals surface area contributed by atoms with Crippen LogP contribution in [0.4, 0.5) is 0 Å². The zero-order valence-electron chi connectivity index (χ0n) is 10.1. The van der Waals surface area contributed by atoms with E-state index in [1.54, 1.807) is 0 Å². The molecule has 0 amide bonds. The summed E-state index contributed by atoms with van der Waals surface area (Å²) in [6, 6.07) is 15.4. The fraction of sp³-hybridized carbons (Fsp3) is 0.200. The second-order valence-electron chi connectivity index (χ2n) is 4.14. The summed E-state index contributed by atoms with van der Waals surface area (Å²) < 4.78 is 6.57. The summed E-state index contributed by atoms with van der Waals surface area (Å²) >= 11 is 3.37. The molecular formula is C15H15BrO2. The largest absolute Gasteiger partial charge is 0.491 e. The van der Waals surface area contributed by atoms with Gasteiger partial charge in [-0.2, -0.15) is 0 Å². The van der Waals surface area contributed by atoms with E-state index in [4.69, 9.17) is 4.74 Å². The van der Waals surface area contributed by atoms with Crippen molar-refractivity contribution in [3.8, 4) is 5.75 Å². The molecular weight excluding hydrogens is 292 g/mol.